The van der Waals surface area contributed by atoms with E-state index in [-0.39, 0.29) is 18.4 Å². The van der Waals surface area contributed by atoms with E-state index in [0.717, 1.165) is 45.2 Å². The fourth-order valence-corrected chi connectivity index (χ4v) is 3.07. The molecule has 2 atom stereocenters. The molecule has 9 heteroatoms. The number of aliphatic carboxylic acids is 1. The van der Waals surface area contributed by atoms with Crippen LogP contribution in [-0.4, -0.2) is 79.8 Å². The molecule has 1 aromatic carbocycles. The molecule has 9 nitrogen and oxygen atoms in total. The van der Waals surface area contributed by atoms with E-state index in [9.17, 15) is 9.59 Å². The summed E-state index contributed by atoms with van der Waals surface area (Å²) in [5, 5.41) is 16.5. The van der Waals surface area contributed by atoms with Gasteiger partial charge in [0.2, 0.25) is 5.91 Å². The predicted molar refractivity (Wildman–Crippen MR) is 103 cm³/mol. The minimum atomic E-state index is -0.833. The van der Waals surface area contributed by atoms with Crippen LogP contribution in [0.25, 0.3) is 0 Å². The zero-order chi connectivity index (χ0) is 20.4. The van der Waals surface area contributed by atoms with Crippen LogP contribution in [0.15, 0.2) is 30.3 Å². The highest BCUT2D eigenvalue weighted by atomic mass is 16.5. The average Bonchev–Trinajstić information content (AvgIpc) is 2.69. The minimum Gasteiger partial charge on any atom is -0.481 e. The lowest BCUT2D eigenvalue weighted by atomic mass is 9.99. The van der Waals surface area contributed by atoms with Crippen molar-refractivity contribution in [2.45, 2.75) is 19.1 Å². The molecule has 3 rings (SSSR count). The first kappa shape index (κ1) is 21.8. The van der Waals surface area contributed by atoms with Crippen molar-refractivity contribution in [3.8, 4) is 0 Å². The van der Waals surface area contributed by atoms with Crippen molar-refractivity contribution >= 4 is 17.8 Å². The molecule has 0 bridgehead atoms. The van der Waals surface area contributed by atoms with Gasteiger partial charge >= 0.3 is 0 Å². The lowest BCUT2D eigenvalue weighted by molar-refractivity contribution is -0.148. The fourth-order valence-electron chi connectivity index (χ4n) is 3.07. The van der Waals surface area contributed by atoms with E-state index in [2.05, 4.69) is 20.9 Å². The van der Waals surface area contributed by atoms with E-state index in [1.54, 1.807) is 0 Å². The maximum atomic E-state index is 12.5. The van der Waals surface area contributed by atoms with Crippen molar-refractivity contribution in [1.82, 2.24) is 20.9 Å². The van der Waals surface area contributed by atoms with Gasteiger partial charge in [-0.05, 0) is 5.56 Å². The van der Waals surface area contributed by atoms with Crippen LogP contribution in [0.2, 0.25) is 0 Å². The number of hydrogen-bond acceptors (Lipinski definition) is 6. The Kier molecular flexibility index (Phi) is 8.86. The molecule has 0 aromatic heterocycles. The first-order chi connectivity index (χ1) is 13.5. The number of carboxylic acids is 1. The van der Waals surface area contributed by atoms with Gasteiger partial charge in [0.25, 0.3) is 11.9 Å². The maximum absolute atomic E-state index is 12.5. The summed E-state index contributed by atoms with van der Waals surface area (Å²) in [4.78, 5) is 35.5. The highest BCUT2D eigenvalue weighted by Gasteiger charge is 2.35. The molecule has 0 radical (unpaired) electrons. The van der Waals surface area contributed by atoms with E-state index in [1.807, 2.05) is 30.3 Å². The molecule has 2 fully saturated rings. The predicted octanol–water partition coefficient (Wildman–Crippen LogP) is -0.645. The number of morpholine rings is 1. The first-order valence-electron chi connectivity index (χ1n) is 9.33. The van der Waals surface area contributed by atoms with E-state index >= 15 is 0 Å². The Hall–Kier alpha value is -2.49. The third-order valence-corrected chi connectivity index (χ3v) is 4.37. The second-order valence-corrected chi connectivity index (χ2v) is 6.59. The number of carboxylic acid groups (broad SMARTS) is 1. The molecule has 28 heavy (non-hydrogen) atoms. The molecule has 0 saturated carbocycles. The van der Waals surface area contributed by atoms with Crippen LogP contribution in [0, 0.1) is 0 Å². The van der Waals surface area contributed by atoms with Crippen molar-refractivity contribution in [3.63, 3.8) is 0 Å². The van der Waals surface area contributed by atoms with Crippen molar-refractivity contribution in [2.24, 2.45) is 0 Å². The van der Waals surface area contributed by atoms with Crippen molar-refractivity contribution in [2.75, 3.05) is 45.9 Å². The number of carbonyl (C=O) groups excluding carboxylic acids is 2. The fraction of sp³-hybridized carbons (Fsp3) is 0.526. The van der Waals surface area contributed by atoms with Gasteiger partial charge in [0, 0.05) is 46.2 Å². The molecule has 4 N–H and O–H groups in total. The van der Waals surface area contributed by atoms with Crippen LogP contribution >= 0.6 is 0 Å². The second kappa shape index (κ2) is 11.4. The third-order valence-electron chi connectivity index (χ3n) is 4.37. The van der Waals surface area contributed by atoms with Crippen molar-refractivity contribution in [3.05, 3.63) is 35.9 Å². The second-order valence-electron chi connectivity index (χ2n) is 6.59. The quantitative estimate of drug-likeness (QED) is 0.526. The van der Waals surface area contributed by atoms with Crippen LogP contribution < -0.4 is 16.0 Å². The van der Waals surface area contributed by atoms with Crippen LogP contribution in [0.5, 0.6) is 0 Å². The maximum Gasteiger partial charge on any atom is 0.300 e. The largest absolute Gasteiger partial charge is 0.481 e. The minimum absolute atomic E-state index is 0.0841. The van der Waals surface area contributed by atoms with E-state index in [0.29, 0.717) is 6.54 Å². The summed E-state index contributed by atoms with van der Waals surface area (Å²) in [5.74, 6) is -1.22. The van der Waals surface area contributed by atoms with Gasteiger partial charge in [0.05, 0.1) is 6.04 Å². The monoisotopic (exact) mass is 392 g/mol. The SMILES string of the molecule is CC(=O)O.O=C1CO[C@H](C(=O)NCCN2CCNCC2)[C@@H](c2ccccc2)N1. The number of carbonyl (C=O) groups is 3. The highest BCUT2D eigenvalue weighted by molar-refractivity contribution is 5.86. The number of nitrogens with zero attached hydrogens (tertiary/aromatic N) is 1. The molecule has 0 unspecified atom stereocenters. The van der Waals surface area contributed by atoms with Crippen LogP contribution in [0.4, 0.5) is 0 Å². The summed E-state index contributed by atoms with van der Waals surface area (Å²) in [6, 6.07) is 9.00. The number of benzene rings is 1. The number of rotatable bonds is 5. The molecule has 0 aliphatic carbocycles. The smallest absolute Gasteiger partial charge is 0.300 e. The van der Waals surface area contributed by atoms with Gasteiger partial charge < -0.3 is 25.8 Å². The summed E-state index contributed by atoms with van der Waals surface area (Å²) >= 11 is 0. The number of ether oxygens (including phenoxy) is 1. The molecule has 0 spiro atoms. The van der Waals surface area contributed by atoms with Crippen LogP contribution in [0.3, 0.4) is 0 Å². The lowest BCUT2D eigenvalue weighted by Gasteiger charge is -2.32. The van der Waals surface area contributed by atoms with Gasteiger partial charge in [-0.1, -0.05) is 30.3 Å². The van der Waals surface area contributed by atoms with Crippen molar-refractivity contribution in [1.29, 1.82) is 0 Å². The zero-order valence-corrected chi connectivity index (χ0v) is 16.0. The van der Waals surface area contributed by atoms with E-state index in [4.69, 9.17) is 14.6 Å². The van der Waals surface area contributed by atoms with E-state index in [1.165, 1.54) is 0 Å². The van der Waals surface area contributed by atoms with Crippen LogP contribution in [-0.2, 0) is 19.1 Å². The Morgan fingerprint density at radius 2 is 1.89 bits per heavy atom. The molecule has 154 valence electrons. The van der Waals surface area contributed by atoms with Gasteiger partial charge in [-0.15, -0.1) is 0 Å². The Morgan fingerprint density at radius 1 is 1.25 bits per heavy atom. The Morgan fingerprint density at radius 3 is 2.54 bits per heavy atom. The molecular formula is C19H28N4O5. The van der Waals surface area contributed by atoms with Gasteiger partial charge in [0.1, 0.15) is 6.61 Å². The molecule has 2 amide bonds. The Bertz CT molecular complexity index is 645. The Balaban J connectivity index is 0.000000640. The topological polar surface area (TPSA) is 120 Å². The number of amides is 2. The molecule has 1 aromatic rings. The first-order valence-corrected chi connectivity index (χ1v) is 9.33. The summed E-state index contributed by atoms with van der Waals surface area (Å²) in [5.41, 5.74) is 0.868. The number of piperazine rings is 1. The normalized spacial score (nSPS) is 22.4. The summed E-state index contributed by atoms with van der Waals surface area (Å²) in [6.45, 7) is 6.37. The van der Waals surface area contributed by atoms with Crippen LogP contribution in [0.1, 0.15) is 18.5 Å². The molecule has 2 heterocycles. The molecule has 2 saturated heterocycles. The van der Waals surface area contributed by atoms with Gasteiger partial charge in [-0.25, -0.2) is 0 Å². The standard InChI is InChI=1S/C17H24N4O3.C2H4O2/c22-14-12-24-16(15(20-14)13-4-2-1-3-5-13)17(23)19-8-11-21-9-6-18-7-10-21;1-2(3)4/h1-5,15-16,18H,6-12H2,(H,19,23)(H,20,22);1H3,(H,3,4)/t15-,16+;/m1./s1. The Labute approximate surface area is 164 Å². The van der Waals surface area contributed by atoms with Gasteiger partial charge in [-0.2, -0.15) is 0 Å². The van der Waals surface area contributed by atoms with E-state index < -0.39 is 18.1 Å². The number of nitrogens with one attached hydrogen (secondary N) is 3. The van der Waals surface area contributed by atoms with Gasteiger partial charge in [-0.3, -0.25) is 19.3 Å². The molecule has 2 aliphatic heterocycles. The molecule has 2 aliphatic rings. The third kappa shape index (κ3) is 7.26. The lowest BCUT2D eigenvalue weighted by Crippen LogP contribution is -2.53. The number of hydrogen-bond donors (Lipinski definition) is 4. The average molecular weight is 392 g/mol. The van der Waals surface area contributed by atoms with Gasteiger partial charge in [0.15, 0.2) is 6.10 Å². The summed E-state index contributed by atoms with van der Waals surface area (Å²) in [7, 11) is 0. The summed E-state index contributed by atoms with van der Waals surface area (Å²) in [6.07, 6.45) is -0.701. The summed E-state index contributed by atoms with van der Waals surface area (Å²) < 4.78 is 5.51. The molecular weight excluding hydrogens is 364 g/mol. The highest BCUT2D eigenvalue weighted by Crippen LogP contribution is 2.22. The van der Waals surface area contributed by atoms with Crippen molar-refractivity contribution < 1.29 is 24.2 Å². The zero-order valence-electron chi connectivity index (χ0n) is 16.0.